The zero-order valence-electron chi connectivity index (χ0n) is 14.3. The SMILES string of the molecule is CCN(CC)c1ccc(/C=C(/C#N)C(=O)Nc2ccccc2I)cc1. The number of carbonyl (C=O) groups excluding carboxylic acids is 1. The summed E-state index contributed by atoms with van der Waals surface area (Å²) in [7, 11) is 0. The Bertz CT molecular complexity index is 802. The van der Waals surface area contributed by atoms with Gasteiger partial charge in [-0.1, -0.05) is 24.3 Å². The van der Waals surface area contributed by atoms with Gasteiger partial charge in [0, 0.05) is 22.3 Å². The van der Waals surface area contributed by atoms with E-state index in [4.69, 9.17) is 0 Å². The van der Waals surface area contributed by atoms with Crippen molar-refractivity contribution in [2.24, 2.45) is 0 Å². The van der Waals surface area contributed by atoms with Crippen molar-refractivity contribution in [3.63, 3.8) is 0 Å². The van der Waals surface area contributed by atoms with Gasteiger partial charge in [-0.05, 0) is 72.3 Å². The third kappa shape index (κ3) is 5.07. The van der Waals surface area contributed by atoms with E-state index in [0.717, 1.165) is 27.9 Å². The first kappa shape index (κ1) is 19.0. The maximum Gasteiger partial charge on any atom is 0.266 e. The second-order valence-electron chi connectivity index (χ2n) is 5.37. The lowest BCUT2D eigenvalue weighted by molar-refractivity contribution is -0.112. The molecule has 0 radical (unpaired) electrons. The lowest BCUT2D eigenvalue weighted by Gasteiger charge is -2.20. The van der Waals surface area contributed by atoms with Gasteiger partial charge >= 0.3 is 0 Å². The Morgan fingerprint density at radius 2 is 1.80 bits per heavy atom. The van der Waals surface area contributed by atoms with E-state index >= 15 is 0 Å². The number of hydrogen-bond acceptors (Lipinski definition) is 3. The van der Waals surface area contributed by atoms with Crippen molar-refractivity contribution in [3.05, 3.63) is 63.2 Å². The Labute approximate surface area is 162 Å². The molecule has 0 atom stereocenters. The fraction of sp³-hybridized carbons (Fsp3) is 0.200. The van der Waals surface area contributed by atoms with Crippen LogP contribution in [0.2, 0.25) is 0 Å². The number of nitrogens with one attached hydrogen (secondary N) is 1. The first-order chi connectivity index (χ1) is 12.1. The van der Waals surface area contributed by atoms with Crippen LogP contribution in [0.5, 0.6) is 0 Å². The highest BCUT2D eigenvalue weighted by molar-refractivity contribution is 14.1. The van der Waals surface area contributed by atoms with Gasteiger partial charge in [0.15, 0.2) is 0 Å². The second-order valence-corrected chi connectivity index (χ2v) is 6.53. The van der Waals surface area contributed by atoms with E-state index in [9.17, 15) is 10.1 Å². The van der Waals surface area contributed by atoms with Gasteiger partial charge in [-0.25, -0.2) is 0 Å². The van der Waals surface area contributed by atoms with Crippen molar-refractivity contribution in [1.29, 1.82) is 5.26 Å². The van der Waals surface area contributed by atoms with Crippen molar-refractivity contribution < 1.29 is 4.79 Å². The molecule has 4 nitrogen and oxygen atoms in total. The minimum absolute atomic E-state index is 0.0789. The summed E-state index contributed by atoms with van der Waals surface area (Å²) in [6.45, 7) is 6.10. The van der Waals surface area contributed by atoms with Gasteiger partial charge in [0.1, 0.15) is 11.6 Å². The highest BCUT2D eigenvalue weighted by Crippen LogP contribution is 2.19. The molecule has 0 unspecified atom stereocenters. The quantitative estimate of drug-likeness (QED) is 0.399. The Balaban J connectivity index is 2.18. The van der Waals surface area contributed by atoms with Crippen LogP contribution in [0, 0.1) is 14.9 Å². The first-order valence-corrected chi connectivity index (χ1v) is 9.19. The van der Waals surface area contributed by atoms with Gasteiger partial charge < -0.3 is 10.2 Å². The van der Waals surface area contributed by atoms with Gasteiger partial charge in [0.25, 0.3) is 5.91 Å². The monoisotopic (exact) mass is 445 g/mol. The highest BCUT2D eigenvalue weighted by atomic mass is 127. The number of hydrogen-bond donors (Lipinski definition) is 1. The predicted molar refractivity (Wildman–Crippen MR) is 111 cm³/mol. The van der Waals surface area contributed by atoms with Gasteiger partial charge in [-0.15, -0.1) is 0 Å². The molecule has 1 amide bonds. The number of nitriles is 1. The van der Waals surface area contributed by atoms with Crippen molar-refractivity contribution >= 4 is 45.9 Å². The molecule has 5 heteroatoms. The number of rotatable bonds is 6. The average molecular weight is 445 g/mol. The molecule has 0 aliphatic carbocycles. The summed E-state index contributed by atoms with van der Waals surface area (Å²) in [5.41, 5.74) is 2.73. The number of carbonyl (C=O) groups is 1. The second kappa shape index (κ2) is 9.23. The third-order valence-corrected chi connectivity index (χ3v) is 4.76. The smallest absolute Gasteiger partial charge is 0.266 e. The van der Waals surface area contributed by atoms with Crippen molar-refractivity contribution in [3.8, 4) is 6.07 Å². The van der Waals surface area contributed by atoms with Crippen LogP contribution in [-0.4, -0.2) is 19.0 Å². The fourth-order valence-electron chi connectivity index (χ4n) is 2.44. The van der Waals surface area contributed by atoms with E-state index < -0.39 is 5.91 Å². The average Bonchev–Trinajstić information content (AvgIpc) is 2.63. The molecule has 2 rings (SSSR count). The molecule has 0 spiro atoms. The fourth-order valence-corrected chi connectivity index (χ4v) is 2.96. The molecule has 0 aliphatic heterocycles. The Morgan fingerprint density at radius 1 is 1.16 bits per heavy atom. The zero-order valence-corrected chi connectivity index (χ0v) is 16.4. The van der Waals surface area contributed by atoms with Crippen LogP contribution in [0.15, 0.2) is 54.1 Å². The van der Waals surface area contributed by atoms with Gasteiger partial charge in [0.05, 0.1) is 5.69 Å². The van der Waals surface area contributed by atoms with Crippen LogP contribution < -0.4 is 10.2 Å². The molecule has 0 aromatic heterocycles. The van der Waals surface area contributed by atoms with Gasteiger partial charge in [0.2, 0.25) is 0 Å². The molecule has 0 aliphatic rings. The van der Waals surface area contributed by atoms with Crippen LogP contribution >= 0.6 is 22.6 Å². The molecular weight excluding hydrogens is 425 g/mol. The van der Waals surface area contributed by atoms with Crippen molar-refractivity contribution in [1.82, 2.24) is 0 Å². The van der Waals surface area contributed by atoms with Crippen LogP contribution in [0.1, 0.15) is 19.4 Å². The molecule has 0 saturated carbocycles. The van der Waals surface area contributed by atoms with E-state index in [2.05, 4.69) is 46.7 Å². The largest absolute Gasteiger partial charge is 0.372 e. The van der Waals surface area contributed by atoms with E-state index in [1.54, 1.807) is 6.08 Å². The molecule has 0 fully saturated rings. The third-order valence-electron chi connectivity index (χ3n) is 3.82. The summed E-state index contributed by atoms with van der Waals surface area (Å²) in [5, 5.41) is 12.1. The summed E-state index contributed by atoms with van der Waals surface area (Å²) in [6.07, 6.45) is 1.61. The van der Waals surface area contributed by atoms with E-state index in [1.807, 2.05) is 54.6 Å². The Morgan fingerprint density at radius 3 is 2.36 bits per heavy atom. The number of para-hydroxylation sites is 1. The summed E-state index contributed by atoms with van der Waals surface area (Å²) in [5.74, 6) is -0.403. The van der Waals surface area contributed by atoms with Crippen LogP contribution in [-0.2, 0) is 4.79 Å². The topological polar surface area (TPSA) is 56.1 Å². The molecular formula is C20H20IN3O. The standard InChI is InChI=1S/C20H20IN3O/c1-3-24(4-2)17-11-9-15(10-12-17)13-16(14-22)20(25)23-19-8-6-5-7-18(19)21/h5-13H,3-4H2,1-2H3,(H,23,25)/b16-13-. The molecule has 0 bridgehead atoms. The summed E-state index contributed by atoms with van der Waals surface area (Å²) in [4.78, 5) is 14.6. The summed E-state index contributed by atoms with van der Waals surface area (Å²) < 4.78 is 0.925. The molecule has 0 saturated heterocycles. The van der Waals surface area contributed by atoms with Crippen molar-refractivity contribution in [2.75, 3.05) is 23.3 Å². The predicted octanol–water partition coefficient (Wildman–Crippen LogP) is 4.68. The number of anilines is 2. The maximum absolute atomic E-state index is 12.4. The van der Waals surface area contributed by atoms with Crippen LogP contribution in [0.4, 0.5) is 11.4 Å². The van der Waals surface area contributed by atoms with E-state index in [0.29, 0.717) is 5.69 Å². The number of benzene rings is 2. The van der Waals surface area contributed by atoms with Gasteiger partial charge in [-0.3, -0.25) is 4.79 Å². The van der Waals surface area contributed by atoms with Crippen LogP contribution in [0.25, 0.3) is 6.08 Å². The van der Waals surface area contributed by atoms with E-state index in [1.165, 1.54) is 0 Å². The molecule has 2 aromatic rings. The highest BCUT2D eigenvalue weighted by Gasteiger charge is 2.11. The number of nitrogens with zero attached hydrogens (tertiary/aromatic N) is 2. The summed E-state index contributed by atoms with van der Waals surface area (Å²) >= 11 is 2.15. The summed E-state index contributed by atoms with van der Waals surface area (Å²) in [6, 6.07) is 17.3. The lowest BCUT2D eigenvalue weighted by Crippen LogP contribution is -2.21. The number of amides is 1. The normalized spacial score (nSPS) is 10.9. The van der Waals surface area contributed by atoms with Crippen LogP contribution in [0.3, 0.4) is 0 Å². The minimum atomic E-state index is -0.403. The minimum Gasteiger partial charge on any atom is -0.372 e. The molecule has 1 N–H and O–H groups in total. The lowest BCUT2D eigenvalue weighted by atomic mass is 10.1. The maximum atomic E-state index is 12.4. The van der Waals surface area contributed by atoms with E-state index in [-0.39, 0.29) is 5.57 Å². The van der Waals surface area contributed by atoms with Gasteiger partial charge in [-0.2, -0.15) is 5.26 Å². The molecule has 25 heavy (non-hydrogen) atoms. The number of halogens is 1. The van der Waals surface area contributed by atoms with Crippen molar-refractivity contribution in [2.45, 2.75) is 13.8 Å². The molecule has 2 aromatic carbocycles. The Kier molecular flexibility index (Phi) is 7.02. The molecule has 0 heterocycles. The Hall–Kier alpha value is -2.33. The first-order valence-electron chi connectivity index (χ1n) is 8.11. The molecule has 128 valence electrons. The zero-order chi connectivity index (χ0) is 18.2.